The zero-order valence-corrected chi connectivity index (χ0v) is 10.5. The van der Waals surface area contributed by atoms with Gasteiger partial charge in [-0.1, -0.05) is 27.2 Å². The summed E-state index contributed by atoms with van der Waals surface area (Å²) in [5, 5.41) is 0. The van der Waals surface area contributed by atoms with Crippen molar-refractivity contribution in [1.29, 1.82) is 0 Å². The molecule has 1 aliphatic rings. The maximum atomic E-state index is 12.2. The zero-order chi connectivity index (χ0) is 11.5. The van der Waals surface area contributed by atoms with E-state index in [0.717, 1.165) is 19.3 Å². The highest BCUT2D eigenvalue weighted by molar-refractivity contribution is 5.87. The van der Waals surface area contributed by atoms with Gasteiger partial charge in [-0.3, -0.25) is 4.79 Å². The molecule has 0 aromatic carbocycles. The van der Waals surface area contributed by atoms with E-state index in [9.17, 15) is 4.79 Å². The van der Waals surface area contributed by atoms with Gasteiger partial charge in [0, 0.05) is 13.5 Å². The van der Waals surface area contributed by atoms with Gasteiger partial charge in [0.1, 0.15) is 5.60 Å². The normalized spacial score (nSPS) is 31.9. The van der Waals surface area contributed by atoms with Crippen LogP contribution < -0.4 is 0 Å². The molecule has 0 aromatic heterocycles. The zero-order valence-electron chi connectivity index (χ0n) is 10.5. The van der Waals surface area contributed by atoms with Crippen LogP contribution in [0.2, 0.25) is 0 Å². The standard InChI is InChI=1S/C13H24O2/c1-10(2)8-12(14)13(15-4)7-5-6-11(3)9-13/h10-11H,5-9H2,1-4H3. The lowest BCUT2D eigenvalue weighted by atomic mass is 9.75. The molecular weight excluding hydrogens is 188 g/mol. The molecule has 2 unspecified atom stereocenters. The minimum atomic E-state index is -0.456. The summed E-state index contributed by atoms with van der Waals surface area (Å²) in [6.45, 7) is 6.40. The van der Waals surface area contributed by atoms with Gasteiger partial charge >= 0.3 is 0 Å². The van der Waals surface area contributed by atoms with Crippen LogP contribution in [0.5, 0.6) is 0 Å². The third-order valence-electron chi connectivity index (χ3n) is 3.45. The van der Waals surface area contributed by atoms with Crippen LogP contribution in [0.1, 0.15) is 52.9 Å². The fraction of sp³-hybridized carbons (Fsp3) is 0.923. The number of hydrogen-bond acceptors (Lipinski definition) is 2. The summed E-state index contributed by atoms with van der Waals surface area (Å²) in [7, 11) is 1.69. The van der Waals surface area contributed by atoms with Crippen LogP contribution in [0.15, 0.2) is 0 Å². The molecule has 0 radical (unpaired) electrons. The van der Waals surface area contributed by atoms with Crippen molar-refractivity contribution in [3.05, 3.63) is 0 Å². The first kappa shape index (κ1) is 12.7. The van der Waals surface area contributed by atoms with Crippen LogP contribution in [-0.2, 0) is 9.53 Å². The summed E-state index contributed by atoms with van der Waals surface area (Å²) < 4.78 is 5.56. The molecule has 1 fully saturated rings. The lowest BCUT2D eigenvalue weighted by molar-refractivity contribution is -0.147. The number of ether oxygens (including phenoxy) is 1. The van der Waals surface area contributed by atoms with E-state index in [2.05, 4.69) is 20.8 Å². The highest BCUT2D eigenvalue weighted by Crippen LogP contribution is 2.36. The molecule has 2 atom stereocenters. The van der Waals surface area contributed by atoms with Crippen molar-refractivity contribution in [2.75, 3.05) is 7.11 Å². The Hall–Kier alpha value is -0.370. The number of methoxy groups -OCH3 is 1. The van der Waals surface area contributed by atoms with E-state index in [1.165, 1.54) is 6.42 Å². The summed E-state index contributed by atoms with van der Waals surface area (Å²) in [5.74, 6) is 1.36. The fourth-order valence-electron chi connectivity index (χ4n) is 2.61. The van der Waals surface area contributed by atoms with E-state index in [4.69, 9.17) is 4.74 Å². The predicted molar refractivity (Wildman–Crippen MR) is 61.8 cm³/mol. The molecule has 0 spiro atoms. The van der Waals surface area contributed by atoms with E-state index in [-0.39, 0.29) is 0 Å². The second-order valence-electron chi connectivity index (χ2n) is 5.42. The van der Waals surface area contributed by atoms with Crippen LogP contribution in [0.3, 0.4) is 0 Å². The second-order valence-corrected chi connectivity index (χ2v) is 5.42. The summed E-state index contributed by atoms with van der Waals surface area (Å²) in [6.07, 6.45) is 4.84. The smallest absolute Gasteiger partial charge is 0.164 e. The average Bonchev–Trinajstić information content (AvgIpc) is 2.16. The monoisotopic (exact) mass is 212 g/mol. The highest BCUT2D eigenvalue weighted by atomic mass is 16.5. The second kappa shape index (κ2) is 5.11. The largest absolute Gasteiger partial charge is 0.370 e. The van der Waals surface area contributed by atoms with Crippen molar-refractivity contribution < 1.29 is 9.53 Å². The molecule has 0 bridgehead atoms. The molecule has 0 amide bonds. The number of Topliss-reactive ketones (excluding diaryl/α,β-unsaturated/α-hetero) is 1. The van der Waals surface area contributed by atoms with Gasteiger partial charge < -0.3 is 4.74 Å². The van der Waals surface area contributed by atoms with Gasteiger partial charge in [-0.15, -0.1) is 0 Å². The van der Waals surface area contributed by atoms with Crippen LogP contribution >= 0.6 is 0 Å². The fourth-order valence-corrected chi connectivity index (χ4v) is 2.61. The first-order chi connectivity index (χ1) is 7.00. The number of hydrogen-bond donors (Lipinski definition) is 0. The van der Waals surface area contributed by atoms with Crippen molar-refractivity contribution in [3.8, 4) is 0 Å². The van der Waals surface area contributed by atoms with Crippen molar-refractivity contribution in [2.45, 2.75) is 58.5 Å². The van der Waals surface area contributed by atoms with Gasteiger partial charge in [0.25, 0.3) is 0 Å². The summed E-state index contributed by atoms with van der Waals surface area (Å²) in [5.41, 5.74) is -0.456. The molecule has 0 heterocycles. The summed E-state index contributed by atoms with van der Waals surface area (Å²) in [4.78, 5) is 12.2. The molecule has 15 heavy (non-hydrogen) atoms. The van der Waals surface area contributed by atoms with Gasteiger partial charge in [-0.05, 0) is 31.1 Å². The van der Waals surface area contributed by atoms with Crippen molar-refractivity contribution in [2.24, 2.45) is 11.8 Å². The minimum absolute atomic E-state index is 0.312. The third-order valence-corrected chi connectivity index (χ3v) is 3.45. The summed E-state index contributed by atoms with van der Waals surface area (Å²) >= 11 is 0. The molecule has 2 heteroatoms. The quantitative estimate of drug-likeness (QED) is 0.715. The van der Waals surface area contributed by atoms with E-state index in [1.807, 2.05) is 0 Å². The van der Waals surface area contributed by atoms with Gasteiger partial charge in [-0.2, -0.15) is 0 Å². The molecule has 0 N–H and O–H groups in total. The minimum Gasteiger partial charge on any atom is -0.370 e. The van der Waals surface area contributed by atoms with E-state index in [1.54, 1.807) is 7.11 Å². The van der Waals surface area contributed by atoms with Crippen LogP contribution in [-0.4, -0.2) is 18.5 Å². The number of rotatable bonds is 4. The Labute approximate surface area is 93.4 Å². The molecule has 2 nitrogen and oxygen atoms in total. The van der Waals surface area contributed by atoms with E-state index < -0.39 is 5.60 Å². The Kier molecular flexibility index (Phi) is 4.32. The topological polar surface area (TPSA) is 26.3 Å². The maximum absolute atomic E-state index is 12.2. The molecule has 1 aliphatic carbocycles. The van der Waals surface area contributed by atoms with Gasteiger partial charge in [-0.25, -0.2) is 0 Å². The Morgan fingerprint density at radius 2 is 2.20 bits per heavy atom. The van der Waals surface area contributed by atoms with Gasteiger partial charge in [0.05, 0.1) is 0 Å². The first-order valence-electron chi connectivity index (χ1n) is 6.08. The molecule has 1 rings (SSSR count). The van der Waals surface area contributed by atoms with Gasteiger partial charge in [0.2, 0.25) is 0 Å². The number of carbonyl (C=O) groups excluding carboxylic acids is 1. The lowest BCUT2D eigenvalue weighted by Crippen LogP contribution is -2.45. The van der Waals surface area contributed by atoms with Gasteiger partial charge in [0.15, 0.2) is 5.78 Å². The SMILES string of the molecule is COC1(C(=O)CC(C)C)CCCC(C)C1. The number of carbonyl (C=O) groups is 1. The van der Waals surface area contributed by atoms with Crippen molar-refractivity contribution in [1.82, 2.24) is 0 Å². The first-order valence-corrected chi connectivity index (χ1v) is 6.08. The Morgan fingerprint density at radius 3 is 2.67 bits per heavy atom. The van der Waals surface area contributed by atoms with E-state index >= 15 is 0 Å². The Balaban J connectivity index is 2.70. The average molecular weight is 212 g/mol. The molecule has 0 aromatic rings. The van der Waals surface area contributed by atoms with Crippen molar-refractivity contribution >= 4 is 5.78 Å². The van der Waals surface area contributed by atoms with Crippen LogP contribution in [0, 0.1) is 11.8 Å². The molecule has 0 aliphatic heterocycles. The van der Waals surface area contributed by atoms with Crippen LogP contribution in [0.25, 0.3) is 0 Å². The highest BCUT2D eigenvalue weighted by Gasteiger charge is 2.41. The predicted octanol–water partition coefficient (Wildman–Crippen LogP) is 3.20. The van der Waals surface area contributed by atoms with Crippen LogP contribution in [0.4, 0.5) is 0 Å². The number of ketones is 1. The maximum Gasteiger partial charge on any atom is 0.164 e. The Morgan fingerprint density at radius 1 is 1.53 bits per heavy atom. The van der Waals surface area contributed by atoms with Crippen molar-refractivity contribution in [3.63, 3.8) is 0 Å². The molecular formula is C13H24O2. The molecule has 1 saturated carbocycles. The lowest BCUT2D eigenvalue weighted by Gasteiger charge is -2.38. The summed E-state index contributed by atoms with van der Waals surface area (Å²) in [6, 6.07) is 0. The molecule has 88 valence electrons. The third kappa shape index (κ3) is 3.04. The van der Waals surface area contributed by atoms with E-state index in [0.29, 0.717) is 24.0 Å². The molecule has 0 saturated heterocycles. The Bertz CT molecular complexity index is 223.